The maximum Gasteiger partial charge on any atom is 0.328 e. The largest absolute Gasteiger partial charge is 0.467 e. The number of hydrogen-bond acceptors (Lipinski definition) is 10. The molecule has 4 amide bonds. The lowest BCUT2D eigenvalue weighted by Gasteiger charge is -2.41. The molecule has 0 aromatic heterocycles. The summed E-state index contributed by atoms with van der Waals surface area (Å²) in [6, 6.07) is 5.40. The Bertz CT molecular complexity index is 1350. The van der Waals surface area contributed by atoms with Gasteiger partial charge in [0, 0.05) is 40.3 Å². The van der Waals surface area contributed by atoms with Crippen LogP contribution < -0.4 is 16.4 Å². The van der Waals surface area contributed by atoms with E-state index in [1.165, 1.54) is 21.3 Å². The number of likely N-dealkylation sites (N-methyl/N-ethyl adjacent to an activating group) is 2. The van der Waals surface area contributed by atoms with E-state index in [-0.39, 0.29) is 48.3 Å². The van der Waals surface area contributed by atoms with E-state index in [0.29, 0.717) is 25.8 Å². The van der Waals surface area contributed by atoms with Crippen molar-refractivity contribution in [2.75, 3.05) is 49.0 Å². The van der Waals surface area contributed by atoms with Crippen molar-refractivity contribution in [3.8, 4) is 0 Å². The Balaban J connectivity index is 2.29. The highest BCUT2D eigenvalue weighted by Crippen LogP contribution is 2.29. The number of rotatable bonds is 21. The number of carbonyl (C=O) groups excluding carboxylic acids is 5. The molecule has 14 nitrogen and oxygen atoms in total. The van der Waals surface area contributed by atoms with Crippen molar-refractivity contribution in [2.45, 2.75) is 122 Å². The third-order valence-electron chi connectivity index (χ3n) is 10.9. The molecule has 4 N–H and O–H groups in total. The van der Waals surface area contributed by atoms with Crippen molar-refractivity contribution in [1.29, 1.82) is 0 Å². The molecule has 54 heavy (non-hydrogen) atoms. The number of nitrogens with one attached hydrogen (secondary N) is 2. The molecule has 14 heteroatoms. The zero-order chi connectivity index (χ0) is 40.9. The van der Waals surface area contributed by atoms with Gasteiger partial charge in [0.15, 0.2) is 0 Å². The van der Waals surface area contributed by atoms with Crippen LogP contribution in [0.5, 0.6) is 0 Å². The fourth-order valence-corrected chi connectivity index (χ4v) is 7.80. The minimum atomic E-state index is -0.993. The van der Waals surface area contributed by atoms with Gasteiger partial charge >= 0.3 is 5.97 Å². The van der Waals surface area contributed by atoms with Crippen LogP contribution in [0.1, 0.15) is 72.8 Å². The van der Waals surface area contributed by atoms with Gasteiger partial charge in [0.2, 0.25) is 23.6 Å². The number of likely N-dealkylation sites (tertiary alicyclic amines) is 1. The van der Waals surface area contributed by atoms with E-state index in [2.05, 4.69) is 10.6 Å². The Morgan fingerprint density at radius 3 is 2.06 bits per heavy atom. The van der Waals surface area contributed by atoms with E-state index in [4.69, 9.17) is 19.9 Å². The number of methoxy groups -OCH3 is 3. The Hall–Kier alpha value is -3.59. The van der Waals surface area contributed by atoms with Crippen molar-refractivity contribution in [2.24, 2.45) is 23.5 Å². The highest BCUT2D eigenvalue weighted by molar-refractivity contribution is 5.90. The molecule has 0 aliphatic carbocycles. The smallest absolute Gasteiger partial charge is 0.328 e. The highest BCUT2D eigenvalue weighted by atomic mass is 16.5. The maximum absolute atomic E-state index is 14.2. The molecule has 1 heterocycles. The predicted octanol–water partition coefficient (Wildman–Crippen LogP) is 2.23. The summed E-state index contributed by atoms with van der Waals surface area (Å²) in [5.41, 5.74) is 7.18. The van der Waals surface area contributed by atoms with Crippen LogP contribution >= 0.6 is 0 Å². The Morgan fingerprint density at radius 2 is 1.56 bits per heavy atom. The number of carbonyl (C=O) groups is 5. The number of nitrogens with zero attached hydrogens (tertiary/aromatic N) is 3. The Morgan fingerprint density at radius 1 is 0.926 bits per heavy atom. The first kappa shape index (κ1) is 46.6. The molecule has 10 atom stereocenters. The first-order valence-electron chi connectivity index (χ1n) is 19.2. The first-order chi connectivity index (χ1) is 25.4. The number of esters is 1. The quantitative estimate of drug-likeness (QED) is 0.158. The number of nitrogens with two attached hydrogens (primary N) is 1. The average Bonchev–Trinajstić information content (AvgIpc) is 3.62. The molecule has 1 fully saturated rings. The molecule has 1 aliphatic rings. The van der Waals surface area contributed by atoms with E-state index in [0.717, 1.165) is 5.56 Å². The fourth-order valence-electron chi connectivity index (χ4n) is 7.80. The summed E-state index contributed by atoms with van der Waals surface area (Å²) in [5.74, 6) is -2.57. The SMILES string of the molecule is CC[C@H](C)[C@@H]([C@@H](CC(=O)N1CCCC1[C@H](OC)[C@@H](C)C(=O)NC(Cc1ccccc1)C(=O)OC)OC)N(C)C(=O)[C@@H](NC(=O)C(C(C)C)N(C)C)[C@H](C)N. The van der Waals surface area contributed by atoms with Gasteiger partial charge in [-0.25, -0.2) is 4.79 Å². The summed E-state index contributed by atoms with van der Waals surface area (Å²) in [7, 11) is 9.64. The second kappa shape index (κ2) is 22.1. The number of amides is 4. The lowest BCUT2D eigenvalue weighted by atomic mass is 9.89. The second-order valence-corrected chi connectivity index (χ2v) is 15.4. The fraction of sp³-hybridized carbons (Fsp3) is 0.725. The van der Waals surface area contributed by atoms with Gasteiger partial charge in [0.05, 0.1) is 49.8 Å². The van der Waals surface area contributed by atoms with Gasteiger partial charge < -0.3 is 40.4 Å². The van der Waals surface area contributed by atoms with Crippen LogP contribution in [0.4, 0.5) is 0 Å². The maximum atomic E-state index is 14.2. The molecule has 0 radical (unpaired) electrons. The number of benzene rings is 1. The van der Waals surface area contributed by atoms with Crippen molar-refractivity contribution in [1.82, 2.24) is 25.3 Å². The van der Waals surface area contributed by atoms with Crippen LogP contribution in [0.25, 0.3) is 0 Å². The minimum absolute atomic E-state index is 0.000728. The minimum Gasteiger partial charge on any atom is -0.467 e. The summed E-state index contributed by atoms with van der Waals surface area (Å²) in [5, 5.41) is 5.76. The van der Waals surface area contributed by atoms with Crippen molar-refractivity contribution < 1.29 is 38.2 Å². The van der Waals surface area contributed by atoms with Gasteiger partial charge in [-0.2, -0.15) is 0 Å². The van der Waals surface area contributed by atoms with Crippen LogP contribution in [0.15, 0.2) is 30.3 Å². The molecule has 0 spiro atoms. The normalized spacial score (nSPS) is 19.5. The number of ether oxygens (including phenoxy) is 3. The molecule has 1 aromatic rings. The lowest BCUT2D eigenvalue weighted by Crippen LogP contribution is -2.62. The number of hydrogen-bond donors (Lipinski definition) is 3. The van der Waals surface area contributed by atoms with Crippen LogP contribution in [-0.2, 0) is 44.6 Å². The molecular formula is C40H68N6O8. The van der Waals surface area contributed by atoms with Crippen molar-refractivity contribution in [3.63, 3.8) is 0 Å². The standard InChI is InChI=1S/C40H68N6O8/c1-13-25(4)35(45(9)39(50)33(27(6)41)43-38(49)34(24(2)3)44(7)8)31(52-10)23-32(47)46-21-17-20-30(46)36(53-11)26(5)37(48)42-29(40(51)54-12)22-28-18-15-14-16-19-28/h14-16,18-19,24-27,29-31,33-36H,13,17,20-23,41H2,1-12H3,(H,42,48)(H,43,49)/t25-,26+,27-,29?,30?,31+,33-,34?,35-,36+/m0/s1. The van der Waals surface area contributed by atoms with Gasteiger partial charge in [-0.05, 0) is 51.3 Å². The van der Waals surface area contributed by atoms with Crippen molar-refractivity contribution in [3.05, 3.63) is 35.9 Å². The molecular weight excluding hydrogens is 692 g/mol. The van der Waals surface area contributed by atoms with E-state index in [1.54, 1.807) is 30.7 Å². The van der Waals surface area contributed by atoms with Crippen LogP contribution in [0, 0.1) is 17.8 Å². The topological polar surface area (TPSA) is 173 Å². The average molecular weight is 761 g/mol. The molecule has 0 saturated carbocycles. The molecule has 1 saturated heterocycles. The van der Waals surface area contributed by atoms with Crippen LogP contribution in [0.2, 0.25) is 0 Å². The summed E-state index contributed by atoms with van der Waals surface area (Å²) < 4.78 is 16.9. The molecule has 3 unspecified atom stereocenters. The van der Waals surface area contributed by atoms with Gasteiger partial charge in [-0.15, -0.1) is 0 Å². The first-order valence-corrected chi connectivity index (χ1v) is 19.2. The summed E-state index contributed by atoms with van der Waals surface area (Å²) >= 11 is 0. The van der Waals surface area contributed by atoms with Gasteiger partial charge in [0.1, 0.15) is 12.1 Å². The summed E-state index contributed by atoms with van der Waals surface area (Å²) in [6.45, 7) is 11.8. The zero-order valence-corrected chi connectivity index (χ0v) is 34.7. The third kappa shape index (κ3) is 12.2. The van der Waals surface area contributed by atoms with Crippen LogP contribution in [0.3, 0.4) is 0 Å². The van der Waals surface area contributed by atoms with E-state index in [1.807, 2.05) is 77.0 Å². The lowest BCUT2D eigenvalue weighted by molar-refractivity contribution is -0.148. The molecule has 1 aliphatic heterocycles. The zero-order valence-electron chi connectivity index (χ0n) is 34.7. The van der Waals surface area contributed by atoms with E-state index in [9.17, 15) is 24.0 Å². The molecule has 306 valence electrons. The molecule has 2 rings (SSSR count). The Labute approximate surface area is 323 Å². The van der Waals surface area contributed by atoms with Crippen LogP contribution in [-0.4, -0.2) is 142 Å². The summed E-state index contributed by atoms with van der Waals surface area (Å²) in [6.07, 6.45) is 0.931. The van der Waals surface area contributed by atoms with Gasteiger partial charge in [0.25, 0.3) is 0 Å². The Kier molecular flexibility index (Phi) is 19.0. The van der Waals surface area contributed by atoms with E-state index < -0.39 is 60.3 Å². The highest BCUT2D eigenvalue weighted by Gasteiger charge is 2.43. The van der Waals surface area contributed by atoms with Gasteiger partial charge in [-0.3, -0.25) is 24.1 Å². The van der Waals surface area contributed by atoms with Gasteiger partial charge in [-0.1, -0.05) is 71.4 Å². The van der Waals surface area contributed by atoms with E-state index >= 15 is 0 Å². The molecule has 1 aromatic carbocycles. The van der Waals surface area contributed by atoms with Crippen molar-refractivity contribution >= 4 is 29.6 Å². The second-order valence-electron chi connectivity index (χ2n) is 15.4. The third-order valence-corrected chi connectivity index (χ3v) is 10.9. The summed E-state index contributed by atoms with van der Waals surface area (Å²) in [4.78, 5) is 73.1. The monoisotopic (exact) mass is 761 g/mol. The predicted molar refractivity (Wildman–Crippen MR) is 208 cm³/mol. The molecule has 0 bridgehead atoms.